The van der Waals surface area contributed by atoms with Gasteiger partial charge in [0.2, 0.25) is 0 Å². The molecule has 20 heavy (non-hydrogen) atoms. The summed E-state index contributed by atoms with van der Waals surface area (Å²) in [5, 5.41) is 19.3. The van der Waals surface area contributed by atoms with Gasteiger partial charge < -0.3 is 10.2 Å². The molecule has 0 heterocycles. The number of unbranched alkanes of at least 4 members (excludes halogenated alkanes) is 2. The fourth-order valence-corrected chi connectivity index (χ4v) is 3.27. The molecule has 4 nitrogen and oxygen atoms in total. The van der Waals surface area contributed by atoms with Gasteiger partial charge in [-0.25, -0.2) is 4.79 Å². The quantitative estimate of drug-likeness (QED) is 0.521. The molecule has 0 spiro atoms. The lowest BCUT2D eigenvalue weighted by Crippen LogP contribution is -2.36. The maximum atomic E-state index is 11.9. The Bertz CT molecular complexity index is 389. The maximum absolute atomic E-state index is 11.9. The van der Waals surface area contributed by atoms with Crippen LogP contribution in [0, 0.1) is 5.41 Å². The lowest BCUT2D eigenvalue weighted by Gasteiger charge is -2.30. The summed E-state index contributed by atoms with van der Waals surface area (Å²) in [6.45, 7) is 3.85. The van der Waals surface area contributed by atoms with E-state index in [2.05, 4.69) is 6.92 Å². The second-order valence-corrected chi connectivity index (χ2v) is 5.69. The van der Waals surface area contributed by atoms with Gasteiger partial charge in [-0.3, -0.25) is 4.79 Å². The first-order chi connectivity index (χ1) is 9.49. The summed E-state index contributed by atoms with van der Waals surface area (Å²) < 4.78 is 0. The molecule has 0 aromatic rings. The first kappa shape index (κ1) is 16.7. The summed E-state index contributed by atoms with van der Waals surface area (Å²) >= 11 is 0. The van der Waals surface area contributed by atoms with Crippen LogP contribution in [0.4, 0.5) is 0 Å². The van der Waals surface area contributed by atoms with E-state index in [0.717, 1.165) is 50.5 Å². The normalized spacial score (nSPS) is 17.8. The van der Waals surface area contributed by atoms with E-state index < -0.39 is 17.4 Å². The number of rotatable bonds is 8. The summed E-state index contributed by atoms with van der Waals surface area (Å²) in [6.07, 6.45) is 6.90. The van der Waals surface area contributed by atoms with E-state index in [-0.39, 0.29) is 5.57 Å². The fourth-order valence-electron chi connectivity index (χ4n) is 3.27. The molecule has 1 atom stereocenters. The van der Waals surface area contributed by atoms with Crippen LogP contribution in [0.15, 0.2) is 11.1 Å². The first-order valence-electron chi connectivity index (χ1n) is 7.68. The van der Waals surface area contributed by atoms with Crippen LogP contribution in [0.1, 0.15) is 71.6 Å². The molecular formula is C16H26O4. The molecule has 0 saturated heterocycles. The van der Waals surface area contributed by atoms with Crippen LogP contribution >= 0.6 is 0 Å². The van der Waals surface area contributed by atoms with Crippen LogP contribution in [-0.2, 0) is 9.59 Å². The molecule has 1 rings (SSSR count). The summed E-state index contributed by atoms with van der Waals surface area (Å²) in [7, 11) is 0. The van der Waals surface area contributed by atoms with Crippen molar-refractivity contribution in [3.05, 3.63) is 11.1 Å². The maximum Gasteiger partial charge on any atom is 0.332 e. The standard InChI is InChI=1S/C16H26O4/c1-3-5-8-11-16(4-2,15(19)20)13(14(17)18)12-9-6-7-10-12/h3-11H2,1-2H3,(H,17,18)(H,19,20). The Labute approximate surface area is 120 Å². The van der Waals surface area contributed by atoms with Crippen molar-refractivity contribution in [1.82, 2.24) is 0 Å². The van der Waals surface area contributed by atoms with Gasteiger partial charge in [0.05, 0.1) is 11.0 Å². The van der Waals surface area contributed by atoms with E-state index in [9.17, 15) is 19.8 Å². The van der Waals surface area contributed by atoms with Gasteiger partial charge in [-0.15, -0.1) is 0 Å². The molecule has 0 aromatic carbocycles. The van der Waals surface area contributed by atoms with E-state index in [0.29, 0.717) is 12.8 Å². The predicted molar refractivity (Wildman–Crippen MR) is 77.6 cm³/mol. The van der Waals surface area contributed by atoms with Crippen molar-refractivity contribution in [2.45, 2.75) is 71.6 Å². The lowest BCUT2D eigenvalue weighted by molar-refractivity contribution is -0.151. The average Bonchev–Trinajstić information content (AvgIpc) is 2.90. The zero-order valence-electron chi connectivity index (χ0n) is 12.6. The molecule has 0 bridgehead atoms. The number of carbonyl (C=O) groups is 2. The minimum absolute atomic E-state index is 0.182. The van der Waals surface area contributed by atoms with Crippen LogP contribution in [-0.4, -0.2) is 22.2 Å². The SMILES string of the molecule is CCCCCC(CC)(C(=O)O)C(C(=O)O)=C1CCCC1. The highest BCUT2D eigenvalue weighted by Gasteiger charge is 2.45. The molecule has 114 valence electrons. The molecule has 0 amide bonds. The molecule has 0 aliphatic heterocycles. The molecule has 1 aliphatic rings. The summed E-state index contributed by atoms with van der Waals surface area (Å²) in [5.74, 6) is -2.02. The van der Waals surface area contributed by atoms with Crippen molar-refractivity contribution < 1.29 is 19.8 Å². The van der Waals surface area contributed by atoms with Crippen LogP contribution in [0.5, 0.6) is 0 Å². The first-order valence-corrected chi connectivity index (χ1v) is 7.68. The summed E-state index contributed by atoms with van der Waals surface area (Å²) in [4.78, 5) is 23.6. The van der Waals surface area contributed by atoms with Crippen LogP contribution in [0.3, 0.4) is 0 Å². The smallest absolute Gasteiger partial charge is 0.332 e. The Hall–Kier alpha value is -1.32. The molecule has 0 aromatic heterocycles. The highest BCUT2D eigenvalue weighted by atomic mass is 16.4. The van der Waals surface area contributed by atoms with Crippen LogP contribution < -0.4 is 0 Å². The van der Waals surface area contributed by atoms with Crippen LogP contribution in [0.25, 0.3) is 0 Å². The molecule has 1 saturated carbocycles. The number of hydrogen-bond donors (Lipinski definition) is 2. The Kier molecular flexibility index (Phi) is 6.24. The lowest BCUT2D eigenvalue weighted by atomic mass is 9.71. The van der Waals surface area contributed by atoms with Crippen molar-refractivity contribution in [2.24, 2.45) is 5.41 Å². The van der Waals surface area contributed by atoms with Gasteiger partial charge in [-0.1, -0.05) is 38.7 Å². The third kappa shape index (κ3) is 3.41. The highest BCUT2D eigenvalue weighted by molar-refractivity contribution is 5.97. The zero-order chi connectivity index (χ0) is 15.2. The van der Waals surface area contributed by atoms with E-state index >= 15 is 0 Å². The van der Waals surface area contributed by atoms with Crippen LogP contribution in [0.2, 0.25) is 0 Å². The van der Waals surface area contributed by atoms with Crippen molar-refractivity contribution in [3.8, 4) is 0 Å². The summed E-state index contributed by atoms with van der Waals surface area (Å²) in [5.41, 5.74) is -0.167. The number of allylic oxidation sites excluding steroid dienone is 1. The molecule has 4 heteroatoms. The van der Waals surface area contributed by atoms with Gasteiger partial charge in [0, 0.05) is 0 Å². The van der Waals surface area contributed by atoms with E-state index in [1.165, 1.54) is 0 Å². The molecule has 1 aliphatic carbocycles. The minimum atomic E-state index is -1.21. The topological polar surface area (TPSA) is 74.6 Å². The number of hydrogen-bond acceptors (Lipinski definition) is 2. The average molecular weight is 282 g/mol. The molecular weight excluding hydrogens is 256 g/mol. The molecule has 2 N–H and O–H groups in total. The van der Waals surface area contributed by atoms with Gasteiger partial charge in [-0.2, -0.15) is 0 Å². The summed E-state index contributed by atoms with van der Waals surface area (Å²) in [6, 6.07) is 0. The third-order valence-electron chi connectivity index (χ3n) is 4.47. The van der Waals surface area contributed by atoms with Gasteiger partial charge in [-0.05, 0) is 38.5 Å². The minimum Gasteiger partial charge on any atom is -0.481 e. The van der Waals surface area contributed by atoms with Crippen molar-refractivity contribution in [1.29, 1.82) is 0 Å². The second kappa shape index (κ2) is 7.46. The number of carboxylic acid groups (broad SMARTS) is 2. The van der Waals surface area contributed by atoms with Gasteiger partial charge >= 0.3 is 11.9 Å². The third-order valence-corrected chi connectivity index (χ3v) is 4.47. The Balaban J connectivity index is 3.21. The largest absolute Gasteiger partial charge is 0.481 e. The Morgan fingerprint density at radius 3 is 2.10 bits per heavy atom. The highest BCUT2D eigenvalue weighted by Crippen LogP contribution is 2.43. The van der Waals surface area contributed by atoms with Crippen molar-refractivity contribution in [2.75, 3.05) is 0 Å². The number of carboxylic acids is 2. The van der Waals surface area contributed by atoms with Gasteiger partial charge in [0.15, 0.2) is 0 Å². The van der Waals surface area contributed by atoms with E-state index in [4.69, 9.17) is 0 Å². The van der Waals surface area contributed by atoms with E-state index in [1.54, 1.807) is 6.92 Å². The second-order valence-electron chi connectivity index (χ2n) is 5.69. The molecule has 1 fully saturated rings. The Morgan fingerprint density at radius 2 is 1.70 bits per heavy atom. The molecule has 1 unspecified atom stereocenters. The molecule has 0 radical (unpaired) electrons. The van der Waals surface area contributed by atoms with Gasteiger partial charge in [0.1, 0.15) is 0 Å². The monoisotopic (exact) mass is 282 g/mol. The number of aliphatic carboxylic acids is 2. The fraction of sp³-hybridized carbons (Fsp3) is 0.750. The zero-order valence-corrected chi connectivity index (χ0v) is 12.6. The van der Waals surface area contributed by atoms with Crippen molar-refractivity contribution >= 4 is 11.9 Å². The Morgan fingerprint density at radius 1 is 1.10 bits per heavy atom. The van der Waals surface area contributed by atoms with Crippen molar-refractivity contribution in [3.63, 3.8) is 0 Å². The van der Waals surface area contributed by atoms with E-state index in [1.807, 2.05) is 0 Å². The predicted octanol–water partition coefficient (Wildman–Crippen LogP) is 4.00. The van der Waals surface area contributed by atoms with Gasteiger partial charge in [0.25, 0.3) is 0 Å².